The Kier molecular flexibility index (Phi) is 7.52. The summed E-state index contributed by atoms with van der Waals surface area (Å²) in [5, 5.41) is 3.53. The molecule has 134 valence electrons. The zero-order valence-electron chi connectivity index (χ0n) is 14.0. The quantitative estimate of drug-likeness (QED) is 0.804. The van der Waals surface area contributed by atoms with Crippen molar-refractivity contribution in [3.05, 3.63) is 29.3 Å². The molecule has 2 rings (SSSR count). The number of halogens is 2. The van der Waals surface area contributed by atoms with E-state index in [1.165, 1.54) is 0 Å². The van der Waals surface area contributed by atoms with Crippen molar-refractivity contribution in [3.8, 4) is 0 Å². The fourth-order valence-electron chi connectivity index (χ4n) is 3.00. The van der Waals surface area contributed by atoms with Gasteiger partial charge in [0, 0.05) is 19.5 Å². The molecule has 0 aromatic heterocycles. The number of hydrogen-bond donors (Lipinski definition) is 2. The summed E-state index contributed by atoms with van der Waals surface area (Å²) in [6.07, 6.45) is 1.65. The van der Waals surface area contributed by atoms with E-state index in [2.05, 4.69) is 5.32 Å². The number of hydrogen-bond acceptors (Lipinski definition) is 3. The van der Waals surface area contributed by atoms with E-state index in [4.69, 9.17) is 17.3 Å². The standard InChI is InChI=1S/C17H24ClN3O2.ClH/c1-3-17(4-2,11-19)16(23)20-12-9-15(22)21(10-12)14-8-6-5-7-13(14)18;/h5-8,12H,3-4,9-11,19H2,1-2H3,(H,20,23);1H. The molecule has 24 heavy (non-hydrogen) atoms. The Bertz CT molecular complexity index is 583. The largest absolute Gasteiger partial charge is 0.351 e. The lowest BCUT2D eigenvalue weighted by Crippen LogP contribution is -2.49. The number of nitrogens with one attached hydrogen (secondary N) is 1. The minimum atomic E-state index is -0.555. The van der Waals surface area contributed by atoms with E-state index in [-0.39, 0.29) is 36.7 Å². The van der Waals surface area contributed by atoms with Gasteiger partial charge >= 0.3 is 0 Å². The van der Waals surface area contributed by atoms with Gasteiger partial charge in [-0.15, -0.1) is 12.4 Å². The maximum absolute atomic E-state index is 12.6. The number of para-hydroxylation sites is 1. The summed E-state index contributed by atoms with van der Waals surface area (Å²) < 4.78 is 0. The number of benzene rings is 1. The van der Waals surface area contributed by atoms with Crippen molar-refractivity contribution in [2.45, 2.75) is 39.2 Å². The highest BCUT2D eigenvalue weighted by Gasteiger charge is 2.38. The summed E-state index contributed by atoms with van der Waals surface area (Å²) in [7, 11) is 0. The average Bonchev–Trinajstić information content (AvgIpc) is 2.90. The fraction of sp³-hybridized carbons (Fsp3) is 0.529. The van der Waals surface area contributed by atoms with E-state index in [9.17, 15) is 9.59 Å². The molecule has 2 amide bonds. The van der Waals surface area contributed by atoms with Gasteiger partial charge in [0.2, 0.25) is 11.8 Å². The van der Waals surface area contributed by atoms with E-state index < -0.39 is 5.41 Å². The first-order valence-corrected chi connectivity index (χ1v) is 8.41. The summed E-state index contributed by atoms with van der Waals surface area (Å²) in [5.41, 5.74) is 5.95. The molecule has 1 unspecified atom stereocenters. The van der Waals surface area contributed by atoms with Crippen LogP contribution < -0.4 is 16.0 Å². The highest BCUT2D eigenvalue weighted by atomic mass is 35.5. The van der Waals surface area contributed by atoms with Gasteiger partial charge in [0.1, 0.15) is 0 Å². The molecule has 1 aliphatic heterocycles. The molecule has 0 bridgehead atoms. The first-order valence-electron chi connectivity index (χ1n) is 8.03. The van der Waals surface area contributed by atoms with Gasteiger partial charge < -0.3 is 16.0 Å². The Morgan fingerprint density at radius 1 is 1.38 bits per heavy atom. The molecular formula is C17H25Cl2N3O2. The normalized spacial score (nSPS) is 17.6. The number of nitrogens with zero attached hydrogens (tertiary/aromatic N) is 1. The van der Waals surface area contributed by atoms with E-state index in [0.717, 1.165) is 0 Å². The predicted octanol–water partition coefficient (Wildman–Crippen LogP) is 2.75. The third kappa shape index (κ3) is 4.02. The lowest BCUT2D eigenvalue weighted by Gasteiger charge is -2.30. The summed E-state index contributed by atoms with van der Waals surface area (Å²) in [6, 6.07) is 7.02. The van der Waals surface area contributed by atoms with Crippen LogP contribution in [-0.2, 0) is 9.59 Å². The molecule has 1 saturated heterocycles. The highest BCUT2D eigenvalue weighted by Crippen LogP contribution is 2.30. The lowest BCUT2D eigenvalue weighted by atomic mass is 9.81. The van der Waals surface area contributed by atoms with E-state index >= 15 is 0 Å². The third-order valence-electron chi connectivity index (χ3n) is 4.83. The molecule has 1 heterocycles. The van der Waals surface area contributed by atoms with Gasteiger partial charge in [0.15, 0.2) is 0 Å². The molecule has 1 aliphatic rings. The van der Waals surface area contributed by atoms with Gasteiger partial charge in [-0.2, -0.15) is 0 Å². The number of anilines is 1. The topological polar surface area (TPSA) is 75.4 Å². The van der Waals surface area contributed by atoms with Crippen molar-refractivity contribution in [2.75, 3.05) is 18.0 Å². The van der Waals surface area contributed by atoms with Crippen LogP contribution in [-0.4, -0.2) is 30.9 Å². The minimum Gasteiger partial charge on any atom is -0.351 e. The predicted molar refractivity (Wildman–Crippen MR) is 99.7 cm³/mol. The van der Waals surface area contributed by atoms with Crippen LogP contribution in [0.25, 0.3) is 0 Å². The van der Waals surface area contributed by atoms with Gasteiger partial charge in [-0.05, 0) is 25.0 Å². The maximum atomic E-state index is 12.6. The first kappa shape index (κ1) is 20.7. The molecule has 0 saturated carbocycles. The second kappa shape index (κ2) is 8.70. The summed E-state index contributed by atoms with van der Waals surface area (Å²) in [4.78, 5) is 26.5. The Morgan fingerprint density at radius 3 is 2.54 bits per heavy atom. The van der Waals surface area contributed by atoms with E-state index in [0.29, 0.717) is 36.6 Å². The van der Waals surface area contributed by atoms with Crippen molar-refractivity contribution in [3.63, 3.8) is 0 Å². The van der Waals surface area contributed by atoms with Crippen LogP contribution in [0.15, 0.2) is 24.3 Å². The molecule has 1 aromatic carbocycles. The van der Waals surface area contributed by atoms with Crippen LogP contribution in [0.4, 0.5) is 5.69 Å². The molecule has 0 radical (unpaired) electrons. The van der Waals surface area contributed by atoms with Crippen molar-refractivity contribution in [1.29, 1.82) is 0 Å². The number of carbonyl (C=O) groups excluding carboxylic acids is 2. The number of carbonyl (C=O) groups is 2. The second-order valence-electron chi connectivity index (χ2n) is 6.02. The van der Waals surface area contributed by atoms with Gasteiger partial charge in [0.05, 0.1) is 22.2 Å². The Hall–Kier alpha value is -1.30. The Morgan fingerprint density at radius 2 is 2.00 bits per heavy atom. The zero-order chi connectivity index (χ0) is 17.0. The number of rotatable bonds is 6. The zero-order valence-corrected chi connectivity index (χ0v) is 15.6. The summed E-state index contributed by atoms with van der Waals surface area (Å²) in [6.45, 7) is 4.67. The van der Waals surface area contributed by atoms with Gasteiger partial charge in [-0.1, -0.05) is 37.6 Å². The molecule has 1 atom stereocenters. The molecule has 3 N–H and O–H groups in total. The monoisotopic (exact) mass is 373 g/mol. The molecule has 7 heteroatoms. The highest BCUT2D eigenvalue weighted by molar-refractivity contribution is 6.33. The van der Waals surface area contributed by atoms with Crippen molar-refractivity contribution >= 4 is 41.5 Å². The van der Waals surface area contributed by atoms with E-state index in [1.807, 2.05) is 32.0 Å². The van der Waals surface area contributed by atoms with Gasteiger partial charge in [-0.25, -0.2) is 0 Å². The minimum absolute atomic E-state index is 0. The number of nitrogens with two attached hydrogens (primary N) is 1. The SMILES string of the molecule is CCC(CC)(CN)C(=O)NC1CC(=O)N(c2ccccc2Cl)C1.Cl. The third-order valence-corrected chi connectivity index (χ3v) is 5.15. The Balaban J connectivity index is 0.00000288. The van der Waals surface area contributed by atoms with Crippen molar-refractivity contribution < 1.29 is 9.59 Å². The van der Waals surface area contributed by atoms with Crippen LogP contribution in [0.3, 0.4) is 0 Å². The van der Waals surface area contributed by atoms with Crippen molar-refractivity contribution in [1.82, 2.24) is 5.32 Å². The molecule has 1 aromatic rings. The van der Waals surface area contributed by atoms with Gasteiger partial charge in [-0.3, -0.25) is 9.59 Å². The smallest absolute Gasteiger partial charge is 0.229 e. The van der Waals surface area contributed by atoms with Crippen LogP contribution >= 0.6 is 24.0 Å². The van der Waals surface area contributed by atoms with Crippen LogP contribution in [0, 0.1) is 5.41 Å². The molecule has 0 spiro atoms. The second-order valence-corrected chi connectivity index (χ2v) is 6.43. The molecule has 5 nitrogen and oxygen atoms in total. The molecule has 1 fully saturated rings. The number of amides is 2. The summed E-state index contributed by atoms with van der Waals surface area (Å²) >= 11 is 6.17. The van der Waals surface area contributed by atoms with E-state index in [1.54, 1.807) is 11.0 Å². The summed E-state index contributed by atoms with van der Waals surface area (Å²) in [5.74, 6) is -0.0986. The molecular weight excluding hydrogens is 349 g/mol. The lowest BCUT2D eigenvalue weighted by molar-refractivity contribution is -0.131. The fourth-order valence-corrected chi connectivity index (χ4v) is 3.24. The maximum Gasteiger partial charge on any atom is 0.229 e. The Labute approximate surface area is 154 Å². The molecule has 0 aliphatic carbocycles. The van der Waals surface area contributed by atoms with Crippen LogP contribution in [0.1, 0.15) is 33.1 Å². The first-order chi connectivity index (χ1) is 11.0. The van der Waals surface area contributed by atoms with Crippen LogP contribution in [0.2, 0.25) is 5.02 Å². The van der Waals surface area contributed by atoms with Crippen molar-refractivity contribution in [2.24, 2.45) is 11.1 Å². The van der Waals surface area contributed by atoms with Gasteiger partial charge in [0.25, 0.3) is 0 Å². The average molecular weight is 374 g/mol. The van der Waals surface area contributed by atoms with Crippen LogP contribution in [0.5, 0.6) is 0 Å².